The van der Waals surface area contributed by atoms with Crippen LogP contribution in [-0.2, 0) is 0 Å². The van der Waals surface area contributed by atoms with E-state index in [1.165, 1.54) is 42.0 Å². The van der Waals surface area contributed by atoms with Crippen LogP contribution in [0.15, 0.2) is 34.8 Å². The Morgan fingerprint density at radius 2 is 1.64 bits per heavy atom. The molecular weight excluding hydrogens is 336 g/mol. The summed E-state index contributed by atoms with van der Waals surface area (Å²) in [4.78, 5) is 0. The fourth-order valence-corrected chi connectivity index (χ4v) is 3.44. The van der Waals surface area contributed by atoms with Gasteiger partial charge in [-0.2, -0.15) is 0 Å². The van der Waals surface area contributed by atoms with E-state index in [9.17, 15) is 0 Å². The zero-order chi connectivity index (χ0) is 16.1. The lowest BCUT2D eigenvalue weighted by atomic mass is 9.89. The van der Waals surface area contributed by atoms with Gasteiger partial charge in [0.15, 0.2) is 0 Å². The third kappa shape index (κ3) is 4.04. The van der Waals surface area contributed by atoms with Gasteiger partial charge in [0.1, 0.15) is 5.75 Å². The second kappa shape index (κ2) is 8.01. The first-order chi connectivity index (χ1) is 10.6. The first-order valence-corrected chi connectivity index (χ1v) is 9.28. The third-order valence-electron chi connectivity index (χ3n) is 4.46. The molecule has 1 fully saturated rings. The van der Waals surface area contributed by atoms with Crippen LogP contribution in [-0.4, -0.2) is 6.10 Å². The van der Waals surface area contributed by atoms with Gasteiger partial charge in [0.05, 0.1) is 6.10 Å². The molecule has 0 radical (unpaired) electrons. The van der Waals surface area contributed by atoms with Gasteiger partial charge in [0.2, 0.25) is 0 Å². The van der Waals surface area contributed by atoms with Crippen LogP contribution in [0.1, 0.15) is 52.0 Å². The van der Waals surface area contributed by atoms with Gasteiger partial charge >= 0.3 is 0 Å². The lowest BCUT2D eigenvalue weighted by molar-refractivity contribution is 0.135. The Bertz CT molecular complexity index is 612. The van der Waals surface area contributed by atoms with E-state index in [1.807, 2.05) is 13.8 Å². The molecule has 0 bridgehead atoms. The summed E-state index contributed by atoms with van der Waals surface area (Å²) in [6, 6.07) is 10.7. The van der Waals surface area contributed by atoms with Crippen LogP contribution < -0.4 is 4.74 Å². The fourth-order valence-electron chi connectivity index (χ4n) is 3.08. The van der Waals surface area contributed by atoms with Crippen molar-refractivity contribution in [1.82, 2.24) is 0 Å². The van der Waals surface area contributed by atoms with Crippen molar-refractivity contribution in [3.8, 4) is 5.75 Å². The van der Waals surface area contributed by atoms with Crippen LogP contribution in [0.25, 0.3) is 10.8 Å². The SMILES string of the molecule is CC.Cc1c(OC2CCC(C)CC2)ccc2ccc(Br)cc12. The predicted octanol–water partition coefficient (Wildman–Crippen LogP) is 6.89. The van der Waals surface area contributed by atoms with Gasteiger partial charge in [-0.3, -0.25) is 0 Å². The summed E-state index contributed by atoms with van der Waals surface area (Å²) in [5.74, 6) is 1.92. The monoisotopic (exact) mass is 362 g/mol. The summed E-state index contributed by atoms with van der Waals surface area (Å²) in [5.41, 5.74) is 1.25. The summed E-state index contributed by atoms with van der Waals surface area (Å²) in [7, 11) is 0. The van der Waals surface area contributed by atoms with Crippen LogP contribution in [0.2, 0.25) is 0 Å². The summed E-state index contributed by atoms with van der Waals surface area (Å²) >= 11 is 3.56. The van der Waals surface area contributed by atoms with E-state index >= 15 is 0 Å². The first kappa shape index (κ1) is 17.3. The second-order valence-corrected chi connectivity index (χ2v) is 6.97. The van der Waals surface area contributed by atoms with Crippen LogP contribution in [0, 0.1) is 12.8 Å². The van der Waals surface area contributed by atoms with Crippen molar-refractivity contribution >= 4 is 26.7 Å². The minimum absolute atomic E-state index is 0.398. The normalized spacial score (nSPS) is 21.1. The lowest BCUT2D eigenvalue weighted by Crippen LogP contribution is -2.23. The summed E-state index contributed by atoms with van der Waals surface area (Å²) in [6.45, 7) is 8.50. The molecule has 3 rings (SSSR count). The van der Waals surface area contributed by atoms with Gasteiger partial charge in [-0.1, -0.05) is 48.8 Å². The Balaban J connectivity index is 0.000000847. The highest BCUT2D eigenvalue weighted by molar-refractivity contribution is 9.10. The Morgan fingerprint density at radius 1 is 1.00 bits per heavy atom. The Kier molecular flexibility index (Phi) is 6.31. The van der Waals surface area contributed by atoms with Crippen molar-refractivity contribution in [2.75, 3.05) is 0 Å². The van der Waals surface area contributed by atoms with E-state index in [1.54, 1.807) is 0 Å². The molecule has 1 saturated carbocycles. The molecule has 0 unspecified atom stereocenters. The standard InChI is InChI=1S/C18H21BrO.C2H6/c1-12-3-8-16(9-4-12)20-18-10-6-14-5-7-15(19)11-17(14)13(18)2;1-2/h5-7,10-12,16H,3-4,8-9H2,1-2H3;1-2H3. The maximum absolute atomic E-state index is 6.27. The van der Waals surface area contributed by atoms with Crippen molar-refractivity contribution in [2.45, 2.75) is 59.5 Å². The molecule has 0 saturated heterocycles. The van der Waals surface area contributed by atoms with Gasteiger partial charge in [-0.25, -0.2) is 0 Å². The Labute approximate surface area is 143 Å². The number of benzene rings is 2. The maximum atomic E-state index is 6.27. The zero-order valence-corrected chi connectivity index (χ0v) is 15.7. The molecule has 1 aliphatic rings. The molecule has 2 heteroatoms. The number of fused-ring (bicyclic) bond motifs is 1. The van der Waals surface area contributed by atoms with Crippen LogP contribution in [0.3, 0.4) is 0 Å². The largest absolute Gasteiger partial charge is 0.490 e. The van der Waals surface area contributed by atoms with Crippen molar-refractivity contribution in [3.63, 3.8) is 0 Å². The summed E-state index contributed by atoms with van der Waals surface area (Å²) in [6.07, 6.45) is 5.37. The minimum Gasteiger partial charge on any atom is -0.490 e. The average molecular weight is 363 g/mol. The molecule has 0 aliphatic heterocycles. The van der Waals surface area contributed by atoms with E-state index in [2.05, 4.69) is 60.1 Å². The molecule has 120 valence electrons. The van der Waals surface area contributed by atoms with Gasteiger partial charge in [-0.15, -0.1) is 0 Å². The molecule has 2 aromatic carbocycles. The molecule has 0 atom stereocenters. The molecule has 0 aromatic heterocycles. The number of hydrogen-bond acceptors (Lipinski definition) is 1. The van der Waals surface area contributed by atoms with Crippen LogP contribution in [0.5, 0.6) is 5.75 Å². The molecule has 0 N–H and O–H groups in total. The average Bonchev–Trinajstić information content (AvgIpc) is 2.54. The van der Waals surface area contributed by atoms with Crippen molar-refractivity contribution in [1.29, 1.82) is 0 Å². The number of aryl methyl sites for hydroxylation is 1. The number of rotatable bonds is 2. The highest BCUT2D eigenvalue weighted by atomic mass is 79.9. The number of ether oxygens (including phenoxy) is 1. The van der Waals surface area contributed by atoms with Crippen molar-refractivity contribution in [3.05, 3.63) is 40.4 Å². The quantitative estimate of drug-likeness (QED) is 0.564. The van der Waals surface area contributed by atoms with Gasteiger partial charge in [-0.05, 0) is 73.1 Å². The Morgan fingerprint density at radius 3 is 2.32 bits per heavy atom. The summed E-state index contributed by atoms with van der Waals surface area (Å²) in [5, 5.41) is 2.55. The minimum atomic E-state index is 0.398. The molecule has 0 spiro atoms. The fraction of sp³-hybridized carbons (Fsp3) is 0.500. The van der Waals surface area contributed by atoms with Crippen LogP contribution >= 0.6 is 15.9 Å². The zero-order valence-electron chi connectivity index (χ0n) is 14.2. The molecule has 1 aliphatic carbocycles. The number of hydrogen-bond donors (Lipinski definition) is 0. The van der Waals surface area contributed by atoms with E-state index in [0.29, 0.717) is 6.10 Å². The topological polar surface area (TPSA) is 9.23 Å². The van der Waals surface area contributed by atoms with E-state index < -0.39 is 0 Å². The molecule has 2 aromatic rings. The van der Waals surface area contributed by atoms with Gasteiger partial charge < -0.3 is 4.74 Å². The van der Waals surface area contributed by atoms with Crippen LogP contribution in [0.4, 0.5) is 0 Å². The molecule has 0 amide bonds. The van der Waals surface area contributed by atoms with E-state index in [-0.39, 0.29) is 0 Å². The van der Waals surface area contributed by atoms with E-state index in [0.717, 1.165) is 16.1 Å². The molecule has 22 heavy (non-hydrogen) atoms. The van der Waals surface area contributed by atoms with Crippen molar-refractivity contribution < 1.29 is 4.74 Å². The molecular formula is C20H27BrO. The smallest absolute Gasteiger partial charge is 0.123 e. The van der Waals surface area contributed by atoms with E-state index in [4.69, 9.17) is 4.74 Å². The second-order valence-electron chi connectivity index (χ2n) is 6.05. The van der Waals surface area contributed by atoms with Crippen molar-refractivity contribution in [2.24, 2.45) is 5.92 Å². The highest BCUT2D eigenvalue weighted by Crippen LogP contribution is 2.33. The third-order valence-corrected chi connectivity index (χ3v) is 4.95. The summed E-state index contributed by atoms with van der Waals surface area (Å²) < 4.78 is 7.39. The maximum Gasteiger partial charge on any atom is 0.123 e. The number of halogens is 1. The Hall–Kier alpha value is -1.02. The van der Waals surface area contributed by atoms with Gasteiger partial charge in [0.25, 0.3) is 0 Å². The molecule has 1 nitrogen and oxygen atoms in total. The first-order valence-electron chi connectivity index (χ1n) is 8.49. The lowest BCUT2D eigenvalue weighted by Gasteiger charge is -2.27. The molecule has 0 heterocycles. The van der Waals surface area contributed by atoms with Gasteiger partial charge in [0, 0.05) is 4.47 Å². The highest BCUT2D eigenvalue weighted by Gasteiger charge is 2.20. The predicted molar refractivity (Wildman–Crippen MR) is 99.8 cm³/mol.